The molecule has 0 unspecified atom stereocenters. The Balaban J connectivity index is 1.86. The third-order valence-corrected chi connectivity index (χ3v) is 4.46. The lowest BCUT2D eigenvalue weighted by molar-refractivity contribution is 0.129. The lowest BCUT2D eigenvalue weighted by Gasteiger charge is -2.37. The van der Waals surface area contributed by atoms with Crippen LogP contribution in [0.2, 0.25) is 0 Å². The second kappa shape index (κ2) is 6.24. The van der Waals surface area contributed by atoms with Crippen molar-refractivity contribution in [3.05, 3.63) is 29.8 Å². The molecule has 2 heteroatoms. The van der Waals surface area contributed by atoms with Crippen molar-refractivity contribution in [1.29, 1.82) is 0 Å². The summed E-state index contributed by atoms with van der Waals surface area (Å²) in [6.45, 7) is 3.58. The van der Waals surface area contributed by atoms with E-state index in [1.165, 1.54) is 37.8 Å². The van der Waals surface area contributed by atoms with E-state index in [0.717, 1.165) is 24.1 Å². The Morgan fingerprint density at radius 2 is 2.06 bits per heavy atom. The van der Waals surface area contributed by atoms with Crippen molar-refractivity contribution in [2.75, 3.05) is 19.3 Å². The van der Waals surface area contributed by atoms with Gasteiger partial charge >= 0.3 is 0 Å². The number of aryl methyl sites for hydroxylation is 1. The average molecular weight is 246 g/mol. The number of para-hydroxylation sites is 1. The molecule has 2 N–H and O–H groups in total. The largest absolute Gasteiger partial charge is 0.399 e. The zero-order valence-corrected chi connectivity index (χ0v) is 11.7. The molecule has 100 valence electrons. The van der Waals surface area contributed by atoms with E-state index in [4.69, 9.17) is 5.73 Å². The molecule has 0 radical (unpaired) electrons. The van der Waals surface area contributed by atoms with Crippen molar-refractivity contribution in [1.82, 2.24) is 4.90 Å². The highest BCUT2D eigenvalue weighted by molar-refractivity contribution is 5.46. The van der Waals surface area contributed by atoms with Gasteiger partial charge in [0.15, 0.2) is 0 Å². The Labute approximate surface area is 111 Å². The van der Waals surface area contributed by atoms with Crippen LogP contribution in [0, 0.1) is 5.92 Å². The maximum atomic E-state index is 6.00. The van der Waals surface area contributed by atoms with Crippen LogP contribution in [0.1, 0.15) is 38.2 Å². The maximum absolute atomic E-state index is 6.00. The van der Waals surface area contributed by atoms with Crippen LogP contribution in [0.25, 0.3) is 0 Å². The number of hydrogen-bond donors (Lipinski definition) is 1. The molecule has 1 aliphatic heterocycles. The number of nitrogen functional groups attached to an aromatic ring is 1. The molecule has 1 aromatic carbocycles. The van der Waals surface area contributed by atoms with Crippen molar-refractivity contribution >= 4 is 5.69 Å². The Kier molecular flexibility index (Phi) is 4.65. The van der Waals surface area contributed by atoms with Crippen LogP contribution in [-0.4, -0.2) is 24.5 Å². The SMILES string of the molecule is CC[C@H]1CC[C@@H](CCc2ccccc2N)N(C)C1. The normalized spacial score (nSPS) is 25.2. The second-order valence-corrected chi connectivity index (χ2v) is 5.68. The Morgan fingerprint density at radius 3 is 2.72 bits per heavy atom. The first-order valence-corrected chi connectivity index (χ1v) is 7.24. The third kappa shape index (κ3) is 3.26. The molecule has 1 saturated heterocycles. The molecule has 18 heavy (non-hydrogen) atoms. The second-order valence-electron chi connectivity index (χ2n) is 5.68. The summed E-state index contributed by atoms with van der Waals surface area (Å²) in [5.74, 6) is 0.910. The van der Waals surface area contributed by atoms with Crippen LogP contribution in [-0.2, 0) is 6.42 Å². The van der Waals surface area contributed by atoms with Gasteiger partial charge in [-0.15, -0.1) is 0 Å². The molecule has 2 nitrogen and oxygen atoms in total. The van der Waals surface area contributed by atoms with Gasteiger partial charge in [-0.05, 0) is 50.3 Å². The minimum absolute atomic E-state index is 0.743. The summed E-state index contributed by atoms with van der Waals surface area (Å²) in [7, 11) is 2.28. The number of likely N-dealkylation sites (tertiary alicyclic amines) is 1. The fourth-order valence-corrected chi connectivity index (χ4v) is 3.08. The van der Waals surface area contributed by atoms with E-state index in [-0.39, 0.29) is 0 Å². The molecule has 1 heterocycles. The highest BCUT2D eigenvalue weighted by Gasteiger charge is 2.24. The average Bonchev–Trinajstić information content (AvgIpc) is 2.39. The van der Waals surface area contributed by atoms with Gasteiger partial charge in [0.25, 0.3) is 0 Å². The topological polar surface area (TPSA) is 29.3 Å². The first kappa shape index (κ1) is 13.4. The number of nitrogens with two attached hydrogens (primary N) is 1. The van der Waals surface area contributed by atoms with Gasteiger partial charge in [-0.25, -0.2) is 0 Å². The van der Waals surface area contributed by atoms with Gasteiger partial charge in [-0.2, -0.15) is 0 Å². The lowest BCUT2D eigenvalue weighted by atomic mass is 9.88. The van der Waals surface area contributed by atoms with Crippen molar-refractivity contribution in [3.8, 4) is 0 Å². The smallest absolute Gasteiger partial charge is 0.0346 e. The number of hydrogen-bond acceptors (Lipinski definition) is 2. The minimum Gasteiger partial charge on any atom is -0.399 e. The highest BCUT2D eigenvalue weighted by Crippen LogP contribution is 2.26. The van der Waals surface area contributed by atoms with Crippen molar-refractivity contribution < 1.29 is 0 Å². The van der Waals surface area contributed by atoms with Gasteiger partial charge in [0, 0.05) is 18.3 Å². The van der Waals surface area contributed by atoms with E-state index in [0.29, 0.717) is 0 Å². The summed E-state index contributed by atoms with van der Waals surface area (Å²) in [6, 6.07) is 9.01. The van der Waals surface area contributed by atoms with Crippen molar-refractivity contribution in [2.45, 2.75) is 45.1 Å². The number of rotatable bonds is 4. The molecule has 0 bridgehead atoms. The Hall–Kier alpha value is -1.02. The molecule has 0 spiro atoms. The van der Waals surface area contributed by atoms with Gasteiger partial charge in [-0.3, -0.25) is 0 Å². The summed E-state index contributed by atoms with van der Waals surface area (Å²) in [5, 5.41) is 0. The molecule has 0 saturated carbocycles. The first-order chi connectivity index (χ1) is 8.70. The summed E-state index contributed by atoms with van der Waals surface area (Å²) in [5.41, 5.74) is 8.26. The van der Waals surface area contributed by atoms with Crippen LogP contribution < -0.4 is 5.73 Å². The van der Waals surface area contributed by atoms with E-state index in [9.17, 15) is 0 Å². The number of benzene rings is 1. The minimum atomic E-state index is 0.743. The van der Waals surface area contributed by atoms with Gasteiger partial charge in [0.1, 0.15) is 0 Å². The van der Waals surface area contributed by atoms with E-state index < -0.39 is 0 Å². The molecule has 2 atom stereocenters. The summed E-state index contributed by atoms with van der Waals surface area (Å²) in [6.07, 6.45) is 6.42. The summed E-state index contributed by atoms with van der Waals surface area (Å²) in [4.78, 5) is 2.55. The fraction of sp³-hybridized carbons (Fsp3) is 0.625. The molecule has 0 aliphatic carbocycles. The lowest BCUT2D eigenvalue weighted by Crippen LogP contribution is -2.40. The first-order valence-electron chi connectivity index (χ1n) is 7.24. The van der Waals surface area contributed by atoms with Crippen LogP contribution in [0.3, 0.4) is 0 Å². The molecule has 0 amide bonds. The Bertz CT molecular complexity index is 375. The molecule has 1 aliphatic rings. The zero-order chi connectivity index (χ0) is 13.0. The standard InChI is InChI=1S/C16H26N2/c1-3-13-8-10-15(18(2)12-13)11-9-14-6-4-5-7-16(14)17/h4-7,13,15H,3,8-12,17H2,1-2H3/t13-,15-/m0/s1. The van der Waals surface area contributed by atoms with E-state index in [1.807, 2.05) is 12.1 Å². The van der Waals surface area contributed by atoms with Gasteiger partial charge in [0.2, 0.25) is 0 Å². The third-order valence-electron chi connectivity index (χ3n) is 4.46. The maximum Gasteiger partial charge on any atom is 0.0346 e. The monoisotopic (exact) mass is 246 g/mol. The van der Waals surface area contributed by atoms with Gasteiger partial charge in [0.05, 0.1) is 0 Å². The van der Waals surface area contributed by atoms with Crippen LogP contribution in [0.15, 0.2) is 24.3 Å². The van der Waals surface area contributed by atoms with Crippen LogP contribution in [0.5, 0.6) is 0 Å². The fourth-order valence-electron chi connectivity index (χ4n) is 3.08. The molecule has 1 fully saturated rings. The molecule has 2 rings (SSSR count). The van der Waals surface area contributed by atoms with E-state index in [2.05, 4.69) is 31.0 Å². The highest BCUT2D eigenvalue weighted by atomic mass is 15.1. The summed E-state index contributed by atoms with van der Waals surface area (Å²) >= 11 is 0. The van der Waals surface area contributed by atoms with Gasteiger partial charge in [-0.1, -0.05) is 31.5 Å². The number of anilines is 1. The van der Waals surface area contributed by atoms with Crippen LogP contribution >= 0.6 is 0 Å². The van der Waals surface area contributed by atoms with Gasteiger partial charge < -0.3 is 10.6 Å². The molecule has 1 aromatic rings. The number of nitrogens with zero attached hydrogens (tertiary/aromatic N) is 1. The van der Waals surface area contributed by atoms with Crippen molar-refractivity contribution in [2.24, 2.45) is 5.92 Å². The Morgan fingerprint density at radius 1 is 1.28 bits per heavy atom. The van der Waals surface area contributed by atoms with E-state index in [1.54, 1.807) is 0 Å². The van der Waals surface area contributed by atoms with Crippen molar-refractivity contribution in [3.63, 3.8) is 0 Å². The predicted molar refractivity (Wildman–Crippen MR) is 78.6 cm³/mol. The molecule has 0 aromatic heterocycles. The zero-order valence-electron chi connectivity index (χ0n) is 11.7. The quantitative estimate of drug-likeness (QED) is 0.826. The summed E-state index contributed by atoms with van der Waals surface area (Å²) < 4.78 is 0. The number of piperidine rings is 1. The van der Waals surface area contributed by atoms with Crippen LogP contribution in [0.4, 0.5) is 5.69 Å². The predicted octanol–water partition coefficient (Wildman–Crippen LogP) is 3.32. The molecular weight excluding hydrogens is 220 g/mol. The van der Waals surface area contributed by atoms with E-state index >= 15 is 0 Å². The molecular formula is C16H26N2.